The summed E-state index contributed by atoms with van der Waals surface area (Å²) in [7, 11) is 5.25. The third-order valence-electron chi connectivity index (χ3n) is 13.3. The van der Waals surface area contributed by atoms with Crippen molar-refractivity contribution in [1.82, 2.24) is 20.5 Å². The Kier molecular flexibility index (Phi) is 18.6. The van der Waals surface area contributed by atoms with Crippen LogP contribution >= 0.6 is 0 Å². The van der Waals surface area contributed by atoms with E-state index in [1.54, 1.807) is 60.9 Å². The fourth-order valence-electron chi connectivity index (χ4n) is 9.59. The Labute approximate surface area is 368 Å². The van der Waals surface area contributed by atoms with E-state index >= 15 is 0 Å². The number of aliphatic hydroxyl groups excluding tert-OH is 2. The largest absolute Gasteiger partial charge is 0.459 e. The van der Waals surface area contributed by atoms with E-state index in [2.05, 4.69) is 15.6 Å². The lowest BCUT2D eigenvalue weighted by Gasteiger charge is -2.48. The van der Waals surface area contributed by atoms with E-state index in [-0.39, 0.29) is 43.9 Å². The van der Waals surface area contributed by atoms with Crippen LogP contribution in [-0.2, 0) is 44.4 Å². The highest BCUT2D eigenvalue weighted by Gasteiger charge is 2.53. The summed E-state index contributed by atoms with van der Waals surface area (Å²) in [5, 5.41) is 53.9. The molecule has 3 fully saturated rings. The molecule has 4 heterocycles. The molecular formula is C45H78N4O13. The van der Waals surface area contributed by atoms with Crippen LogP contribution in [0, 0.1) is 17.8 Å². The highest BCUT2D eigenvalue weighted by atomic mass is 16.7. The van der Waals surface area contributed by atoms with Gasteiger partial charge in [0.25, 0.3) is 0 Å². The van der Waals surface area contributed by atoms with Gasteiger partial charge >= 0.3 is 12.1 Å². The minimum atomic E-state index is -1.89. The number of amides is 1. The Morgan fingerprint density at radius 1 is 1.00 bits per heavy atom. The van der Waals surface area contributed by atoms with Crippen molar-refractivity contribution in [2.75, 3.05) is 34.3 Å². The number of carbonyl (C=O) groups excluding carboxylic acids is 2. The summed E-state index contributed by atoms with van der Waals surface area (Å²) in [6.45, 7) is 18.0. The molecule has 4 rings (SSSR count). The van der Waals surface area contributed by atoms with Gasteiger partial charge in [-0.05, 0) is 118 Å². The number of pyridine rings is 1. The van der Waals surface area contributed by atoms with E-state index < -0.39 is 102 Å². The number of rotatable bonds is 11. The molecule has 3 aliphatic rings. The van der Waals surface area contributed by atoms with Gasteiger partial charge in [-0.2, -0.15) is 0 Å². The number of aromatic nitrogens is 1. The topological polar surface area (TPSA) is 220 Å². The predicted octanol–water partition coefficient (Wildman–Crippen LogP) is 2.93. The lowest BCUT2D eigenvalue weighted by Crippen LogP contribution is -2.61. The SMILES string of the molecule is CC[C@@H]1OC(=O)[C@H](C)[C@@H](O[C@H]2C[C@@](C)(OC)[C@@H](O)[C@H](C)O2)[C@H](C)[C@@H](O[C@@H]2O[C@H](C)C[C@H](N(C)C)[C@H]2O)[C@](C)(O)C[C@@H](C)CN[C@@H](C)[C@@H](OC(=O)NCCc2ccncc2)[C@]1(C)O. The molecule has 0 unspecified atom stereocenters. The predicted molar refractivity (Wildman–Crippen MR) is 230 cm³/mol. The maximum absolute atomic E-state index is 14.6. The molecule has 1 aromatic heterocycles. The second-order valence-electron chi connectivity index (χ2n) is 19.1. The number of esters is 1. The molecule has 17 nitrogen and oxygen atoms in total. The molecule has 1 aromatic rings. The Hall–Kier alpha value is -2.55. The Balaban J connectivity index is 1.75. The summed E-state index contributed by atoms with van der Waals surface area (Å²) in [6.07, 6.45) is -5.58. The van der Waals surface area contributed by atoms with Crippen LogP contribution in [0.15, 0.2) is 24.5 Å². The lowest BCUT2D eigenvalue weighted by molar-refractivity contribution is -0.318. The molecule has 3 saturated heterocycles. The van der Waals surface area contributed by atoms with Crippen LogP contribution in [0.3, 0.4) is 0 Å². The number of carbonyl (C=O) groups is 2. The number of likely N-dealkylation sites (N-methyl/N-ethyl adjacent to an activating group) is 1. The molecule has 0 radical (unpaired) electrons. The van der Waals surface area contributed by atoms with Crippen LogP contribution < -0.4 is 10.6 Å². The maximum atomic E-state index is 14.6. The fourth-order valence-corrected chi connectivity index (χ4v) is 9.59. The second kappa shape index (κ2) is 22.1. The Morgan fingerprint density at radius 2 is 1.66 bits per heavy atom. The molecule has 17 heteroatoms. The van der Waals surface area contributed by atoms with Gasteiger partial charge in [-0.25, -0.2) is 4.79 Å². The monoisotopic (exact) mass is 883 g/mol. The van der Waals surface area contributed by atoms with Crippen molar-refractivity contribution in [3.8, 4) is 0 Å². The molecule has 1 amide bonds. The van der Waals surface area contributed by atoms with Crippen molar-refractivity contribution in [3.05, 3.63) is 30.1 Å². The van der Waals surface area contributed by atoms with Crippen molar-refractivity contribution in [3.63, 3.8) is 0 Å². The normalized spacial score (nSPS) is 42.9. The smallest absolute Gasteiger partial charge is 0.407 e. The summed E-state index contributed by atoms with van der Waals surface area (Å²) in [6, 6.07) is 2.74. The molecule has 0 aliphatic carbocycles. The summed E-state index contributed by atoms with van der Waals surface area (Å²) >= 11 is 0. The van der Waals surface area contributed by atoms with Gasteiger partial charge in [-0.3, -0.25) is 9.78 Å². The van der Waals surface area contributed by atoms with Crippen LogP contribution in [0.25, 0.3) is 0 Å². The average Bonchev–Trinajstić information content (AvgIpc) is 3.21. The van der Waals surface area contributed by atoms with Crippen molar-refractivity contribution < 1.29 is 63.2 Å². The van der Waals surface area contributed by atoms with Crippen LogP contribution in [-0.4, -0.2) is 167 Å². The first kappa shape index (κ1) is 52.1. The first-order valence-electron chi connectivity index (χ1n) is 22.4. The summed E-state index contributed by atoms with van der Waals surface area (Å²) in [5.41, 5.74) is -3.60. The van der Waals surface area contributed by atoms with Gasteiger partial charge in [0.15, 0.2) is 18.7 Å². The van der Waals surface area contributed by atoms with Crippen LogP contribution in [0.1, 0.15) is 100 Å². The molecule has 18 atom stereocenters. The number of hydrogen-bond acceptors (Lipinski definition) is 16. The van der Waals surface area contributed by atoms with Crippen molar-refractivity contribution in [2.24, 2.45) is 17.8 Å². The average molecular weight is 883 g/mol. The first-order valence-corrected chi connectivity index (χ1v) is 22.4. The van der Waals surface area contributed by atoms with Gasteiger partial charge < -0.3 is 69.1 Å². The zero-order valence-electron chi connectivity index (χ0n) is 39.3. The van der Waals surface area contributed by atoms with Crippen LogP contribution in [0.4, 0.5) is 4.79 Å². The van der Waals surface area contributed by atoms with Gasteiger partial charge in [0.05, 0.1) is 41.5 Å². The van der Waals surface area contributed by atoms with Gasteiger partial charge in [0.2, 0.25) is 0 Å². The minimum absolute atomic E-state index is 0.102. The van der Waals surface area contributed by atoms with Crippen molar-refractivity contribution in [1.29, 1.82) is 0 Å². The van der Waals surface area contributed by atoms with Crippen molar-refractivity contribution >= 4 is 12.1 Å². The fraction of sp³-hybridized carbons (Fsp3) is 0.844. The summed E-state index contributed by atoms with van der Waals surface area (Å²) < 4.78 is 43.9. The van der Waals surface area contributed by atoms with E-state index in [4.69, 9.17) is 33.2 Å². The number of nitrogens with zero attached hydrogens (tertiary/aromatic N) is 2. The van der Waals surface area contributed by atoms with E-state index in [1.807, 2.05) is 45.0 Å². The van der Waals surface area contributed by atoms with Crippen LogP contribution in [0.5, 0.6) is 0 Å². The second-order valence-corrected chi connectivity index (χ2v) is 19.1. The molecule has 356 valence electrons. The van der Waals surface area contributed by atoms with E-state index in [9.17, 15) is 30.0 Å². The number of ether oxygens (including phenoxy) is 7. The zero-order chi connectivity index (χ0) is 46.3. The molecule has 6 N–H and O–H groups in total. The molecule has 0 aromatic carbocycles. The molecule has 0 bridgehead atoms. The third-order valence-corrected chi connectivity index (χ3v) is 13.3. The van der Waals surface area contributed by atoms with Crippen molar-refractivity contribution in [2.45, 2.75) is 192 Å². The molecule has 3 aliphatic heterocycles. The Bertz CT molecular complexity index is 1560. The van der Waals surface area contributed by atoms with Gasteiger partial charge in [-0.15, -0.1) is 0 Å². The van der Waals surface area contributed by atoms with E-state index in [0.717, 1.165) is 5.56 Å². The van der Waals surface area contributed by atoms with E-state index in [0.29, 0.717) is 19.4 Å². The van der Waals surface area contributed by atoms with Gasteiger partial charge in [0.1, 0.15) is 23.9 Å². The zero-order valence-corrected chi connectivity index (χ0v) is 39.3. The summed E-state index contributed by atoms with van der Waals surface area (Å²) in [5.74, 6) is -2.83. The van der Waals surface area contributed by atoms with Gasteiger partial charge in [0, 0.05) is 50.5 Å². The standard InChI is InChI=1S/C45H78N4O13/c1-14-33-45(10,55)39(62-42(53)47-20-17-31-15-18-46-19-16-31)29(6)48-24-25(2)22-43(8,54)38(61-41-35(50)32(49(11)12)21-26(3)57-41)27(4)36(28(5)40(52)59-33)60-34-23-44(9,56-13)37(51)30(7)58-34/h15-16,18-19,25-30,32-39,41,48,50-51,54-55H,14,17,20-24H2,1-13H3,(H,47,53)/t25-,26-,27+,28-,29+,30+,32+,33+,34+,35-,36+,37+,38-,39-,41+,43-,44-,45-/m1/s1. The minimum Gasteiger partial charge on any atom is -0.459 e. The van der Waals surface area contributed by atoms with Crippen LogP contribution in [0.2, 0.25) is 0 Å². The molecule has 62 heavy (non-hydrogen) atoms. The Morgan fingerprint density at radius 3 is 2.27 bits per heavy atom. The third kappa shape index (κ3) is 12.8. The van der Waals surface area contributed by atoms with Gasteiger partial charge in [-0.1, -0.05) is 20.8 Å². The lowest BCUT2D eigenvalue weighted by atomic mass is 9.77. The highest BCUT2D eigenvalue weighted by molar-refractivity contribution is 5.73. The molecular weight excluding hydrogens is 805 g/mol. The van der Waals surface area contributed by atoms with E-state index in [1.165, 1.54) is 14.0 Å². The maximum Gasteiger partial charge on any atom is 0.407 e. The number of hydrogen-bond donors (Lipinski definition) is 6. The quantitative estimate of drug-likeness (QED) is 0.176. The number of cyclic esters (lactones) is 1. The number of aliphatic hydroxyl groups is 4. The molecule has 0 saturated carbocycles. The first-order chi connectivity index (χ1) is 28.9. The number of nitrogens with one attached hydrogen (secondary N) is 2. The highest BCUT2D eigenvalue weighted by Crippen LogP contribution is 2.40. The number of alkyl carbamates (subject to hydrolysis) is 1. The molecule has 0 spiro atoms. The number of methoxy groups -OCH3 is 1. The summed E-state index contributed by atoms with van der Waals surface area (Å²) in [4.78, 5) is 33.9.